The van der Waals surface area contributed by atoms with Gasteiger partial charge in [0.1, 0.15) is 0 Å². The number of sulfone groups is 1. The van der Waals surface area contributed by atoms with Gasteiger partial charge in [-0.2, -0.15) is 0 Å². The fourth-order valence-corrected chi connectivity index (χ4v) is 3.42. The van der Waals surface area contributed by atoms with Crippen molar-refractivity contribution in [3.05, 3.63) is 34.4 Å². The van der Waals surface area contributed by atoms with Crippen LogP contribution in [0, 0.1) is 10.1 Å². The molecule has 0 saturated carbocycles. The van der Waals surface area contributed by atoms with Gasteiger partial charge in [-0.25, -0.2) is 8.42 Å². The first-order valence-corrected chi connectivity index (χ1v) is 9.08. The molecule has 2 N–H and O–H groups in total. The predicted molar refractivity (Wildman–Crippen MR) is 88.6 cm³/mol. The number of ether oxygens (including phenoxy) is 1. The highest BCUT2D eigenvalue weighted by molar-refractivity contribution is 7.91. The van der Waals surface area contributed by atoms with Crippen molar-refractivity contribution in [1.82, 2.24) is 4.90 Å². The lowest BCUT2D eigenvalue weighted by atomic mass is 10.3. The lowest BCUT2D eigenvalue weighted by Crippen LogP contribution is -2.48. The Morgan fingerprint density at radius 2 is 2.12 bits per heavy atom. The van der Waals surface area contributed by atoms with Crippen LogP contribution < -0.4 is 5.73 Å². The van der Waals surface area contributed by atoms with Crippen molar-refractivity contribution >= 4 is 21.5 Å². The summed E-state index contributed by atoms with van der Waals surface area (Å²) in [6.45, 7) is 3.74. The van der Waals surface area contributed by atoms with Crippen LogP contribution in [0.2, 0.25) is 0 Å². The van der Waals surface area contributed by atoms with Crippen molar-refractivity contribution in [2.45, 2.75) is 17.9 Å². The lowest BCUT2D eigenvalue weighted by molar-refractivity contribution is -0.384. The van der Waals surface area contributed by atoms with E-state index in [0.717, 1.165) is 0 Å². The number of morpholine rings is 1. The van der Waals surface area contributed by atoms with Crippen LogP contribution in [0.1, 0.15) is 6.92 Å². The standard InChI is InChI=1S/C14H20N4O5S/c1-11-10-17(7-8-23-11)14(15)16-6-9-24(21,22)13-4-2-12(3-5-13)18(19)20/h2-5,11H,6-10H2,1H3,(H2,15,16). The maximum atomic E-state index is 12.2. The number of aliphatic imine (C=N–C) groups is 1. The minimum atomic E-state index is -3.57. The van der Waals surface area contributed by atoms with E-state index in [0.29, 0.717) is 25.7 Å². The Morgan fingerprint density at radius 3 is 2.71 bits per heavy atom. The van der Waals surface area contributed by atoms with E-state index in [9.17, 15) is 18.5 Å². The van der Waals surface area contributed by atoms with Crippen LogP contribution in [0.5, 0.6) is 0 Å². The second-order valence-corrected chi connectivity index (χ2v) is 7.55. The molecule has 1 fully saturated rings. The van der Waals surface area contributed by atoms with Gasteiger partial charge in [-0.05, 0) is 19.1 Å². The molecule has 0 radical (unpaired) electrons. The first kappa shape index (κ1) is 18.1. The van der Waals surface area contributed by atoms with Gasteiger partial charge in [-0.1, -0.05) is 0 Å². The Morgan fingerprint density at radius 1 is 1.46 bits per heavy atom. The van der Waals surface area contributed by atoms with Gasteiger partial charge in [-0.3, -0.25) is 15.1 Å². The van der Waals surface area contributed by atoms with Crippen molar-refractivity contribution in [2.24, 2.45) is 10.7 Å². The average molecular weight is 356 g/mol. The van der Waals surface area contributed by atoms with Crippen LogP contribution in [0.3, 0.4) is 0 Å². The van der Waals surface area contributed by atoms with Gasteiger partial charge in [0.15, 0.2) is 15.8 Å². The van der Waals surface area contributed by atoms with Gasteiger partial charge in [0.2, 0.25) is 0 Å². The molecule has 1 heterocycles. The smallest absolute Gasteiger partial charge is 0.269 e. The van der Waals surface area contributed by atoms with Crippen molar-refractivity contribution in [3.8, 4) is 0 Å². The highest BCUT2D eigenvalue weighted by Crippen LogP contribution is 2.17. The minimum Gasteiger partial charge on any atom is -0.375 e. The number of nitrogens with zero attached hydrogens (tertiary/aromatic N) is 3. The summed E-state index contributed by atoms with van der Waals surface area (Å²) in [5, 5.41) is 10.6. The van der Waals surface area contributed by atoms with E-state index >= 15 is 0 Å². The highest BCUT2D eigenvalue weighted by atomic mass is 32.2. The Bertz CT molecular complexity index is 717. The molecule has 1 aliphatic rings. The third-order valence-electron chi connectivity index (χ3n) is 3.61. The summed E-state index contributed by atoms with van der Waals surface area (Å²) >= 11 is 0. The molecule has 1 aromatic carbocycles. The molecule has 0 aromatic heterocycles. The molecule has 132 valence electrons. The normalized spacial score (nSPS) is 19.3. The topological polar surface area (TPSA) is 128 Å². The first-order chi connectivity index (χ1) is 11.3. The molecule has 24 heavy (non-hydrogen) atoms. The van der Waals surface area contributed by atoms with E-state index in [-0.39, 0.29) is 29.0 Å². The van der Waals surface area contributed by atoms with Crippen LogP contribution in [-0.2, 0) is 14.6 Å². The van der Waals surface area contributed by atoms with E-state index in [2.05, 4.69) is 4.99 Å². The maximum absolute atomic E-state index is 12.2. The maximum Gasteiger partial charge on any atom is 0.269 e. The van der Waals surface area contributed by atoms with Gasteiger partial charge in [-0.15, -0.1) is 0 Å². The summed E-state index contributed by atoms with van der Waals surface area (Å²) < 4.78 is 29.8. The quantitative estimate of drug-likeness (QED) is 0.350. The molecule has 1 unspecified atom stereocenters. The number of guanidine groups is 1. The monoisotopic (exact) mass is 356 g/mol. The Kier molecular flexibility index (Phi) is 5.73. The summed E-state index contributed by atoms with van der Waals surface area (Å²) in [4.78, 5) is 16.0. The van der Waals surface area contributed by atoms with Crippen LogP contribution in [0.4, 0.5) is 5.69 Å². The molecule has 0 spiro atoms. The van der Waals surface area contributed by atoms with Gasteiger partial charge in [0.25, 0.3) is 5.69 Å². The summed E-state index contributed by atoms with van der Waals surface area (Å²) in [6.07, 6.45) is 0.0522. The van der Waals surface area contributed by atoms with Crippen LogP contribution >= 0.6 is 0 Å². The molecular weight excluding hydrogens is 336 g/mol. The second-order valence-electron chi connectivity index (χ2n) is 5.44. The molecule has 1 aliphatic heterocycles. The Labute approximate surface area is 140 Å². The van der Waals surface area contributed by atoms with E-state index < -0.39 is 14.8 Å². The zero-order valence-corrected chi connectivity index (χ0v) is 14.1. The zero-order valence-electron chi connectivity index (χ0n) is 13.3. The minimum absolute atomic E-state index is 0.0247. The molecule has 1 atom stereocenters. The third kappa shape index (κ3) is 4.65. The lowest BCUT2D eigenvalue weighted by Gasteiger charge is -2.31. The molecule has 10 heteroatoms. The fourth-order valence-electron chi connectivity index (χ4n) is 2.30. The summed E-state index contributed by atoms with van der Waals surface area (Å²) in [6, 6.07) is 4.79. The van der Waals surface area contributed by atoms with Gasteiger partial charge < -0.3 is 15.4 Å². The molecule has 9 nitrogen and oxygen atoms in total. The third-order valence-corrected chi connectivity index (χ3v) is 5.32. The van der Waals surface area contributed by atoms with E-state index in [1.807, 2.05) is 11.8 Å². The molecule has 2 rings (SSSR count). The zero-order chi connectivity index (χ0) is 17.7. The number of nitrogens with two attached hydrogens (primary N) is 1. The first-order valence-electron chi connectivity index (χ1n) is 7.43. The second kappa shape index (κ2) is 7.58. The van der Waals surface area contributed by atoms with Crippen molar-refractivity contribution < 1.29 is 18.1 Å². The number of hydrogen-bond donors (Lipinski definition) is 1. The number of rotatable bonds is 5. The van der Waals surface area contributed by atoms with Crippen LogP contribution in [0.25, 0.3) is 0 Å². The summed E-state index contributed by atoms with van der Waals surface area (Å²) in [5.74, 6) is 0.0786. The average Bonchev–Trinajstić information content (AvgIpc) is 2.54. The number of nitro groups is 1. The van der Waals surface area contributed by atoms with E-state index in [1.165, 1.54) is 24.3 Å². The SMILES string of the molecule is CC1CN(C(N)=NCCS(=O)(=O)c2ccc([N+](=O)[O-])cc2)CCO1. The van der Waals surface area contributed by atoms with Gasteiger partial charge in [0, 0.05) is 25.2 Å². The fraction of sp³-hybridized carbons (Fsp3) is 0.500. The Balaban J connectivity index is 1.96. The number of benzene rings is 1. The van der Waals surface area contributed by atoms with E-state index in [4.69, 9.17) is 10.5 Å². The largest absolute Gasteiger partial charge is 0.375 e. The van der Waals surface area contributed by atoms with E-state index in [1.54, 1.807) is 0 Å². The molecule has 0 aliphatic carbocycles. The van der Waals surface area contributed by atoms with Crippen LogP contribution in [-0.4, -0.2) is 62.3 Å². The van der Waals surface area contributed by atoms with Crippen molar-refractivity contribution in [3.63, 3.8) is 0 Å². The van der Waals surface area contributed by atoms with Gasteiger partial charge in [0.05, 0.1) is 34.8 Å². The summed E-state index contributed by atoms with van der Waals surface area (Å²) in [7, 11) is -3.57. The number of non-ortho nitro benzene ring substituents is 1. The predicted octanol–water partition coefficient (Wildman–Crippen LogP) is 0.404. The Hall–Kier alpha value is -2.20. The van der Waals surface area contributed by atoms with Gasteiger partial charge >= 0.3 is 0 Å². The molecular formula is C14H20N4O5S. The van der Waals surface area contributed by atoms with Crippen molar-refractivity contribution in [2.75, 3.05) is 32.0 Å². The summed E-state index contributed by atoms with van der Waals surface area (Å²) in [5.41, 5.74) is 5.73. The number of hydrogen-bond acceptors (Lipinski definition) is 6. The molecule has 0 bridgehead atoms. The number of nitro benzene ring substituents is 1. The highest BCUT2D eigenvalue weighted by Gasteiger charge is 2.19. The van der Waals surface area contributed by atoms with Crippen LogP contribution in [0.15, 0.2) is 34.2 Å². The molecule has 1 saturated heterocycles. The molecule has 0 amide bonds. The van der Waals surface area contributed by atoms with Crippen molar-refractivity contribution in [1.29, 1.82) is 0 Å². The molecule has 1 aromatic rings.